The summed E-state index contributed by atoms with van der Waals surface area (Å²) in [5.41, 5.74) is 0.502. The number of hydrogen-bond acceptors (Lipinski definition) is 2. The van der Waals surface area contributed by atoms with Crippen molar-refractivity contribution in [3.63, 3.8) is 0 Å². The summed E-state index contributed by atoms with van der Waals surface area (Å²) >= 11 is 0. The van der Waals surface area contributed by atoms with Crippen molar-refractivity contribution in [3.05, 3.63) is 0 Å². The molecular formula is C20H36O2Si. The Morgan fingerprint density at radius 1 is 1.17 bits per heavy atom. The van der Waals surface area contributed by atoms with E-state index in [1.807, 2.05) is 0 Å². The van der Waals surface area contributed by atoms with Crippen LogP contribution in [-0.2, 0) is 9.22 Å². The maximum absolute atomic E-state index is 12.8. The van der Waals surface area contributed by atoms with Gasteiger partial charge in [0.25, 0.3) is 0 Å². The molecule has 3 rings (SSSR count). The van der Waals surface area contributed by atoms with Gasteiger partial charge in [-0.05, 0) is 60.6 Å². The zero-order chi connectivity index (χ0) is 17.5. The molecule has 3 saturated carbocycles. The molecule has 3 heteroatoms. The number of fused-ring (bicyclic) bond motifs is 1. The van der Waals surface area contributed by atoms with Crippen molar-refractivity contribution in [3.8, 4) is 0 Å². The minimum absolute atomic E-state index is 0.116. The summed E-state index contributed by atoms with van der Waals surface area (Å²) in [5, 5.41) is 0.279. The number of hydrogen-bond donors (Lipinski definition) is 0. The Labute approximate surface area is 143 Å². The molecule has 0 aromatic rings. The summed E-state index contributed by atoms with van der Waals surface area (Å²) in [4.78, 5) is 12.8. The summed E-state index contributed by atoms with van der Waals surface area (Å²) in [7, 11) is -1.64. The van der Waals surface area contributed by atoms with Gasteiger partial charge in [0.1, 0.15) is 5.78 Å². The monoisotopic (exact) mass is 336 g/mol. The quantitative estimate of drug-likeness (QED) is 0.494. The Morgan fingerprint density at radius 3 is 2.35 bits per heavy atom. The molecule has 0 radical (unpaired) electrons. The third kappa shape index (κ3) is 2.11. The molecule has 2 nitrogen and oxygen atoms in total. The second-order valence-electron chi connectivity index (χ2n) is 10.8. The SMILES string of the molecule is CC12CC[C@]3(CCCO[Si](C)(C)C(C)(C)C)[C@H]1C2C(=O)C3(C)C. The van der Waals surface area contributed by atoms with Crippen molar-refractivity contribution < 1.29 is 9.22 Å². The molecule has 2 unspecified atom stereocenters. The van der Waals surface area contributed by atoms with Crippen molar-refractivity contribution >= 4 is 14.1 Å². The van der Waals surface area contributed by atoms with Gasteiger partial charge in [-0.15, -0.1) is 0 Å². The molecule has 0 amide bonds. The highest BCUT2D eigenvalue weighted by Gasteiger charge is 2.84. The van der Waals surface area contributed by atoms with Gasteiger partial charge in [0.2, 0.25) is 0 Å². The topological polar surface area (TPSA) is 26.3 Å². The minimum atomic E-state index is -1.64. The molecule has 0 saturated heterocycles. The van der Waals surface area contributed by atoms with Crippen LogP contribution in [0.1, 0.15) is 67.2 Å². The van der Waals surface area contributed by atoms with E-state index in [9.17, 15) is 4.79 Å². The molecule has 0 spiro atoms. The van der Waals surface area contributed by atoms with Crippen molar-refractivity contribution in [2.45, 2.75) is 85.4 Å². The second kappa shape index (κ2) is 4.72. The Bertz CT molecular complexity index is 530. The van der Waals surface area contributed by atoms with Gasteiger partial charge < -0.3 is 4.43 Å². The molecule has 0 aliphatic heterocycles. The lowest BCUT2D eigenvalue weighted by Crippen LogP contribution is -2.42. The van der Waals surface area contributed by atoms with Gasteiger partial charge in [-0.3, -0.25) is 4.79 Å². The predicted octanol–water partition coefficient (Wildman–Crippen LogP) is 5.43. The van der Waals surface area contributed by atoms with Crippen LogP contribution in [0.3, 0.4) is 0 Å². The van der Waals surface area contributed by atoms with Crippen LogP contribution in [0.25, 0.3) is 0 Å². The first kappa shape index (κ1) is 17.7. The maximum Gasteiger partial charge on any atom is 0.191 e. The summed E-state index contributed by atoms with van der Waals surface area (Å²) < 4.78 is 6.38. The molecule has 0 aromatic carbocycles. The summed E-state index contributed by atoms with van der Waals surface area (Å²) in [6.45, 7) is 19.2. The highest BCUT2D eigenvalue weighted by molar-refractivity contribution is 6.74. The Kier molecular flexibility index (Phi) is 3.63. The van der Waals surface area contributed by atoms with E-state index < -0.39 is 8.32 Å². The standard InChI is InChI=1S/C20H36O2Si/c1-17(2,3)23(7,8)22-13-9-10-20-12-11-19(6)14(15(19)20)16(21)18(20,4)5/h14-15H,9-13H2,1-8H3/t14?,15-,19?,20+/m0/s1. The van der Waals surface area contributed by atoms with Crippen LogP contribution in [0.5, 0.6) is 0 Å². The van der Waals surface area contributed by atoms with Crippen LogP contribution in [0.15, 0.2) is 0 Å². The molecular weight excluding hydrogens is 300 g/mol. The molecule has 0 aromatic heterocycles. The van der Waals surface area contributed by atoms with Crippen molar-refractivity contribution in [2.24, 2.45) is 28.1 Å². The zero-order valence-electron chi connectivity index (χ0n) is 16.5. The van der Waals surface area contributed by atoms with Crippen LogP contribution in [0.2, 0.25) is 18.1 Å². The van der Waals surface area contributed by atoms with Gasteiger partial charge >= 0.3 is 0 Å². The highest BCUT2D eigenvalue weighted by atomic mass is 28.4. The lowest BCUT2D eigenvalue weighted by atomic mass is 9.62. The first-order valence-corrected chi connectivity index (χ1v) is 12.4. The van der Waals surface area contributed by atoms with Crippen molar-refractivity contribution in [1.82, 2.24) is 0 Å². The van der Waals surface area contributed by atoms with Crippen LogP contribution in [0.4, 0.5) is 0 Å². The lowest BCUT2D eigenvalue weighted by molar-refractivity contribution is -0.131. The molecule has 4 atom stereocenters. The third-order valence-electron chi connectivity index (χ3n) is 8.53. The molecule has 132 valence electrons. The normalized spacial score (nSPS) is 41.3. The number of Topliss-reactive ketones (excluding diaryl/α,β-unsaturated/α-hetero) is 1. The first-order chi connectivity index (χ1) is 10.3. The van der Waals surface area contributed by atoms with Crippen molar-refractivity contribution in [1.29, 1.82) is 0 Å². The van der Waals surface area contributed by atoms with E-state index in [1.165, 1.54) is 19.3 Å². The van der Waals surface area contributed by atoms with E-state index in [-0.39, 0.29) is 15.9 Å². The minimum Gasteiger partial charge on any atom is -0.417 e. The van der Waals surface area contributed by atoms with Gasteiger partial charge in [0.05, 0.1) is 0 Å². The fourth-order valence-corrected chi connectivity index (χ4v) is 6.87. The summed E-state index contributed by atoms with van der Waals surface area (Å²) in [6, 6.07) is 0. The first-order valence-electron chi connectivity index (χ1n) is 9.50. The van der Waals surface area contributed by atoms with Gasteiger partial charge in [0, 0.05) is 17.9 Å². The highest BCUT2D eigenvalue weighted by Crippen LogP contribution is 2.85. The smallest absolute Gasteiger partial charge is 0.191 e. The van der Waals surface area contributed by atoms with E-state index >= 15 is 0 Å². The van der Waals surface area contributed by atoms with E-state index in [0.29, 0.717) is 23.0 Å². The number of rotatable bonds is 5. The average molecular weight is 337 g/mol. The van der Waals surface area contributed by atoms with Crippen molar-refractivity contribution in [2.75, 3.05) is 6.61 Å². The van der Waals surface area contributed by atoms with E-state index in [2.05, 4.69) is 54.6 Å². The molecule has 3 aliphatic carbocycles. The van der Waals surface area contributed by atoms with Gasteiger partial charge in [0.15, 0.2) is 8.32 Å². The van der Waals surface area contributed by atoms with Gasteiger partial charge in [-0.25, -0.2) is 0 Å². The Hall–Kier alpha value is -0.153. The average Bonchev–Trinajstić information content (AvgIpc) is 2.84. The predicted molar refractivity (Wildman–Crippen MR) is 97.9 cm³/mol. The number of ketones is 1. The molecule has 3 aliphatic rings. The fourth-order valence-electron chi connectivity index (χ4n) is 5.78. The summed E-state index contributed by atoms with van der Waals surface area (Å²) in [6.07, 6.45) is 4.81. The number of carbonyl (C=O) groups excluding carboxylic acids is 1. The fraction of sp³-hybridized carbons (Fsp3) is 0.950. The molecule has 23 heavy (non-hydrogen) atoms. The largest absolute Gasteiger partial charge is 0.417 e. The molecule has 0 bridgehead atoms. The van der Waals surface area contributed by atoms with E-state index in [1.54, 1.807) is 0 Å². The Morgan fingerprint density at radius 2 is 1.78 bits per heavy atom. The lowest BCUT2D eigenvalue weighted by Gasteiger charge is -2.41. The van der Waals surface area contributed by atoms with Gasteiger partial charge in [-0.1, -0.05) is 41.5 Å². The van der Waals surface area contributed by atoms with Crippen LogP contribution in [0, 0.1) is 28.1 Å². The van der Waals surface area contributed by atoms with Gasteiger partial charge in [-0.2, -0.15) is 0 Å². The molecule has 3 fully saturated rings. The van der Waals surface area contributed by atoms with E-state index in [4.69, 9.17) is 4.43 Å². The maximum atomic E-state index is 12.8. The Balaban J connectivity index is 1.64. The van der Waals surface area contributed by atoms with Crippen LogP contribution < -0.4 is 0 Å². The zero-order valence-corrected chi connectivity index (χ0v) is 17.5. The van der Waals surface area contributed by atoms with E-state index in [0.717, 1.165) is 13.0 Å². The third-order valence-corrected chi connectivity index (χ3v) is 13.1. The molecule has 0 N–H and O–H groups in total. The molecule has 0 heterocycles. The second-order valence-corrected chi connectivity index (χ2v) is 15.6. The van der Waals surface area contributed by atoms with Crippen LogP contribution in [-0.4, -0.2) is 20.7 Å². The number of carbonyl (C=O) groups is 1. The van der Waals surface area contributed by atoms with Crippen LogP contribution >= 0.6 is 0 Å². The summed E-state index contributed by atoms with van der Waals surface area (Å²) in [5.74, 6) is 1.62.